The van der Waals surface area contributed by atoms with Crippen LogP contribution in [-0.2, 0) is 0 Å². The summed E-state index contributed by atoms with van der Waals surface area (Å²) in [5, 5.41) is 1.12. The van der Waals surface area contributed by atoms with Gasteiger partial charge >= 0.3 is 0 Å². The normalized spacial score (nSPS) is 10.3. The number of nitrogens with two attached hydrogens (primary N) is 1. The minimum absolute atomic E-state index is 0.369. The number of fused-ring (bicyclic) bond motifs is 1. The molecule has 0 bridgehead atoms. The number of rotatable bonds is 0. The zero-order valence-electron chi connectivity index (χ0n) is 10.2. The Balaban J connectivity index is 0.000000155. The molecule has 4 nitrogen and oxygen atoms in total. The molecule has 0 spiro atoms. The zero-order valence-corrected chi connectivity index (χ0v) is 12.6. The van der Waals surface area contributed by atoms with Crippen molar-refractivity contribution < 1.29 is 8.78 Å². The van der Waals surface area contributed by atoms with Gasteiger partial charge in [0.15, 0.2) is 11.6 Å². The second-order valence-corrected chi connectivity index (χ2v) is 5.11. The molecule has 3 rings (SSSR count). The van der Waals surface area contributed by atoms with E-state index >= 15 is 0 Å². The van der Waals surface area contributed by atoms with Gasteiger partial charge in [-0.1, -0.05) is 23.2 Å². The highest BCUT2D eigenvalue weighted by Crippen LogP contribution is 2.21. The van der Waals surface area contributed by atoms with E-state index in [2.05, 4.69) is 27.6 Å². The number of nitrogens with zero attached hydrogens (tertiary/aromatic N) is 2. The molecule has 110 valence electrons. The van der Waals surface area contributed by atoms with E-state index in [1.165, 1.54) is 0 Å². The Morgan fingerprint density at radius 3 is 2.57 bits per heavy atom. The summed E-state index contributed by atoms with van der Waals surface area (Å²) in [6.07, 6.45) is 1.79. The molecule has 0 radical (unpaired) electrons. The Morgan fingerprint density at radius 2 is 1.90 bits per heavy atom. The smallest absolute Gasteiger partial charge is 0.233 e. The molecule has 0 saturated heterocycles. The molecule has 0 amide bonds. The molecule has 9 heteroatoms. The highest BCUT2D eigenvalue weighted by molar-refractivity contribution is 7.80. The number of nitrogens with one attached hydrogen (secondary N) is 1. The number of aromatic amines is 1. The number of nitrogen functional groups attached to an aromatic ring is 1. The third-order valence-corrected chi connectivity index (χ3v) is 3.24. The summed E-state index contributed by atoms with van der Waals surface area (Å²) >= 11 is 15.0. The Bertz CT molecular complexity index is 744. The number of H-pyrrole nitrogens is 1. The number of halogens is 4. The number of hydrogen-bond donors (Lipinski definition) is 3. The Kier molecular flexibility index (Phi) is 4.87. The van der Waals surface area contributed by atoms with Crippen molar-refractivity contribution in [2.45, 2.75) is 4.90 Å². The van der Waals surface area contributed by atoms with Gasteiger partial charge in [0.1, 0.15) is 10.8 Å². The van der Waals surface area contributed by atoms with E-state index < -0.39 is 17.6 Å². The van der Waals surface area contributed by atoms with E-state index in [0.29, 0.717) is 5.15 Å². The van der Waals surface area contributed by atoms with E-state index in [4.69, 9.17) is 28.9 Å². The molecule has 0 atom stereocenters. The number of pyridine rings is 2. The average molecular weight is 349 g/mol. The third kappa shape index (κ3) is 3.75. The first-order valence-corrected chi connectivity index (χ1v) is 6.68. The SMILES string of the molecule is Nc1nc(F)c(Cl)cc1F.Sc1c[nH]c2nc(Cl)ccc12. The van der Waals surface area contributed by atoms with E-state index in [1.807, 2.05) is 6.07 Å². The molecule has 3 aromatic heterocycles. The maximum absolute atomic E-state index is 12.3. The van der Waals surface area contributed by atoms with Gasteiger partial charge in [-0.25, -0.2) is 9.37 Å². The van der Waals surface area contributed by atoms with Gasteiger partial charge in [0.2, 0.25) is 5.95 Å². The molecule has 3 aromatic rings. The lowest BCUT2D eigenvalue weighted by Gasteiger charge is -1.95. The van der Waals surface area contributed by atoms with Crippen LogP contribution in [0.25, 0.3) is 11.0 Å². The van der Waals surface area contributed by atoms with Gasteiger partial charge in [0.05, 0.1) is 5.02 Å². The van der Waals surface area contributed by atoms with E-state index in [9.17, 15) is 8.78 Å². The van der Waals surface area contributed by atoms with E-state index in [-0.39, 0.29) is 5.02 Å². The maximum atomic E-state index is 12.3. The van der Waals surface area contributed by atoms with Crippen molar-refractivity contribution in [3.05, 3.63) is 46.3 Å². The molecule has 0 aliphatic heterocycles. The van der Waals surface area contributed by atoms with Crippen LogP contribution < -0.4 is 5.73 Å². The Labute approximate surface area is 133 Å². The monoisotopic (exact) mass is 348 g/mol. The van der Waals surface area contributed by atoms with E-state index in [0.717, 1.165) is 22.0 Å². The summed E-state index contributed by atoms with van der Waals surface area (Å²) in [6, 6.07) is 4.42. The summed E-state index contributed by atoms with van der Waals surface area (Å²) < 4.78 is 24.6. The summed E-state index contributed by atoms with van der Waals surface area (Å²) in [5.41, 5.74) is 5.68. The first-order valence-electron chi connectivity index (χ1n) is 5.48. The molecule has 0 aromatic carbocycles. The zero-order chi connectivity index (χ0) is 15.6. The molecule has 21 heavy (non-hydrogen) atoms. The summed E-state index contributed by atoms with van der Waals surface area (Å²) in [4.78, 5) is 10.9. The second kappa shape index (κ2) is 6.46. The molecule has 0 unspecified atom stereocenters. The van der Waals surface area contributed by atoms with Crippen molar-refractivity contribution in [3.63, 3.8) is 0 Å². The van der Waals surface area contributed by atoms with Gasteiger partial charge in [-0.2, -0.15) is 9.37 Å². The first-order chi connectivity index (χ1) is 9.88. The summed E-state index contributed by atoms with van der Waals surface area (Å²) in [5.74, 6) is -2.26. The van der Waals surface area contributed by atoms with Crippen LogP contribution in [0.5, 0.6) is 0 Å². The fourth-order valence-corrected chi connectivity index (χ4v) is 1.95. The highest BCUT2D eigenvalue weighted by Gasteiger charge is 2.06. The topological polar surface area (TPSA) is 67.6 Å². The molecule has 0 fully saturated rings. The van der Waals surface area contributed by atoms with E-state index in [1.54, 1.807) is 12.3 Å². The lowest BCUT2D eigenvalue weighted by Crippen LogP contribution is -1.97. The molecule has 3 N–H and O–H groups in total. The third-order valence-electron chi connectivity index (χ3n) is 2.40. The summed E-state index contributed by atoms with van der Waals surface area (Å²) in [7, 11) is 0. The van der Waals surface area contributed by atoms with Crippen molar-refractivity contribution in [1.82, 2.24) is 15.0 Å². The van der Waals surface area contributed by atoms with Gasteiger partial charge in [0.25, 0.3) is 0 Å². The fraction of sp³-hybridized carbons (Fsp3) is 0. The van der Waals surface area contributed by atoms with Crippen LogP contribution in [0.3, 0.4) is 0 Å². The van der Waals surface area contributed by atoms with Crippen LogP contribution in [-0.4, -0.2) is 15.0 Å². The fourth-order valence-electron chi connectivity index (χ4n) is 1.42. The van der Waals surface area contributed by atoms with Crippen LogP contribution in [0.1, 0.15) is 0 Å². The van der Waals surface area contributed by atoms with Crippen molar-refractivity contribution in [2.75, 3.05) is 5.73 Å². The van der Waals surface area contributed by atoms with Crippen molar-refractivity contribution in [2.24, 2.45) is 0 Å². The van der Waals surface area contributed by atoms with Gasteiger partial charge < -0.3 is 10.7 Å². The van der Waals surface area contributed by atoms with Crippen molar-refractivity contribution >= 4 is 52.7 Å². The van der Waals surface area contributed by atoms with Crippen molar-refractivity contribution in [1.29, 1.82) is 0 Å². The van der Waals surface area contributed by atoms with Crippen LogP contribution in [0, 0.1) is 11.8 Å². The van der Waals surface area contributed by atoms with Crippen LogP contribution in [0.2, 0.25) is 10.2 Å². The lowest BCUT2D eigenvalue weighted by atomic mass is 10.3. The lowest BCUT2D eigenvalue weighted by molar-refractivity contribution is 0.566. The average Bonchev–Trinajstić information content (AvgIpc) is 2.78. The van der Waals surface area contributed by atoms with Gasteiger partial charge in [-0.3, -0.25) is 0 Å². The quantitative estimate of drug-likeness (QED) is 0.423. The molecular formula is C12H8Cl2F2N4S. The number of aromatic nitrogens is 3. The Morgan fingerprint density at radius 1 is 1.19 bits per heavy atom. The number of anilines is 1. The van der Waals surface area contributed by atoms with Gasteiger partial charge in [0, 0.05) is 22.5 Å². The van der Waals surface area contributed by atoms with Crippen LogP contribution in [0.4, 0.5) is 14.6 Å². The van der Waals surface area contributed by atoms with Crippen molar-refractivity contribution in [3.8, 4) is 0 Å². The molecule has 3 heterocycles. The first kappa shape index (κ1) is 15.8. The highest BCUT2D eigenvalue weighted by atomic mass is 35.5. The molecule has 0 aliphatic carbocycles. The standard InChI is InChI=1S/C7H5ClN2S.C5H3ClF2N2/c8-6-2-1-4-5(11)3-9-7(4)10-6;6-2-1-3(7)5(9)10-4(2)8/h1-3,11H,(H,9,10);1H,(H2,9,10). The predicted molar refractivity (Wildman–Crippen MR) is 81.9 cm³/mol. The number of hydrogen-bond acceptors (Lipinski definition) is 4. The van der Waals surface area contributed by atoms with Crippen LogP contribution >= 0.6 is 35.8 Å². The maximum Gasteiger partial charge on any atom is 0.233 e. The molecule has 0 aliphatic rings. The minimum atomic E-state index is -0.958. The molecular weight excluding hydrogens is 341 g/mol. The number of thiol groups is 1. The van der Waals surface area contributed by atoms with Gasteiger partial charge in [-0.05, 0) is 12.1 Å². The molecule has 0 saturated carbocycles. The minimum Gasteiger partial charge on any atom is -0.381 e. The van der Waals surface area contributed by atoms with Crippen LogP contribution in [0.15, 0.2) is 29.3 Å². The summed E-state index contributed by atoms with van der Waals surface area (Å²) in [6.45, 7) is 0. The van der Waals surface area contributed by atoms with Gasteiger partial charge in [-0.15, -0.1) is 12.6 Å². The predicted octanol–water partition coefficient (Wildman–Crippen LogP) is 4.10. The second-order valence-electron chi connectivity index (χ2n) is 3.83. The Hall–Kier alpha value is -1.57. The largest absolute Gasteiger partial charge is 0.381 e.